The lowest BCUT2D eigenvalue weighted by Crippen LogP contribution is -2.39. The van der Waals surface area contributed by atoms with Gasteiger partial charge in [0.15, 0.2) is 0 Å². The second-order valence-corrected chi connectivity index (χ2v) is 9.13. The third kappa shape index (κ3) is 4.61. The molecule has 1 fully saturated rings. The Hall–Kier alpha value is -2.59. The second kappa shape index (κ2) is 9.50. The van der Waals surface area contributed by atoms with Crippen molar-refractivity contribution in [1.82, 2.24) is 4.90 Å². The van der Waals surface area contributed by atoms with Gasteiger partial charge in [0.05, 0.1) is 19.8 Å². The molecule has 0 amide bonds. The quantitative estimate of drug-likeness (QED) is 0.407. The van der Waals surface area contributed by atoms with Gasteiger partial charge in [0.1, 0.15) is 17.2 Å². The van der Waals surface area contributed by atoms with Gasteiger partial charge in [-0.3, -0.25) is 4.90 Å². The molecule has 1 heterocycles. The Bertz CT molecular complexity index is 1060. The fraction of sp³-hybridized carbons (Fsp3) is 0.429. The molecular weight excluding hydrogens is 401 g/mol. The number of ether oxygens (including phenoxy) is 2. The topological polar surface area (TPSA) is 21.7 Å². The summed E-state index contributed by atoms with van der Waals surface area (Å²) in [5, 5.41) is 2.49. The van der Waals surface area contributed by atoms with Crippen LogP contribution in [0.4, 0.5) is 4.39 Å². The van der Waals surface area contributed by atoms with Crippen molar-refractivity contribution in [3.05, 3.63) is 59.7 Å². The lowest BCUT2D eigenvalue weighted by molar-refractivity contribution is 0.0704. The number of piperidine rings is 1. The molecule has 0 N–H and O–H groups in total. The van der Waals surface area contributed by atoms with Crippen LogP contribution < -0.4 is 9.47 Å². The first-order valence-electron chi connectivity index (χ1n) is 11.6. The zero-order valence-corrected chi connectivity index (χ0v) is 19.7. The van der Waals surface area contributed by atoms with Crippen LogP contribution in [0.1, 0.15) is 44.2 Å². The summed E-state index contributed by atoms with van der Waals surface area (Å²) < 4.78 is 25.9. The number of fused-ring (bicyclic) bond motifs is 1. The number of benzene rings is 3. The van der Waals surface area contributed by atoms with Crippen LogP contribution in [0.2, 0.25) is 0 Å². The molecule has 0 radical (unpaired) electrons. The molecular formula is C28H34FNO2. The van der Waals surface area contributed by atoms with Gasteiger partial charge in [-0.1, -0.05) is 49.7 Å². The first kappa shape index (κ1) is 22.6. The molecule has 3 nitrogen and oxygen atoms in total. The maximum absolute atomic E-state index is 14.2. The van der Waals surface area contributed by atoms with Crippen LogP contribution in [-0.2, 0) is 13.0 Å². The molecule has 4 rings (SSSR count). The largest absolute Gasteiger partial charge is 0.496 e. The van der Waals surface area contributed by atoms with Crippen molar-refractivity contribution < 1.29 is 13.9 Å². The van der Waals surface area contributed by atoms with Gasteiger partial charge < -0.3 is 9.47 Å². The maximum Gasteiger partial charge on any atom is 0.130 e. The van der Waals surface area contributed by atoms with Crippen LogP contribution in [0.25, 0.3) is 21.9 Å². The molecule has 0 aliphatic carbocycles. The summed E-state index contributed by atoms with van der Waals surface area (Å²) in [6.45, 7) is 6.22. The Kier molecular flexibility index (Phi) is 6.71. The van der Waals surface area contributed by atoms with Crippen LogP contribution >= 0.6 is 0 Å². The Morgan fingerprint density at radius 3 is 2.19 bits per heavy atom. The third-order valence-corrected chi connectivity index (χ3v) is 6.67. The van der Waals surface area contributed by atoms with Gasteiger partial charge >= 0.3 is 0 Å². The van der Waals surface area contributed by atoms with E-state index in [0.29, 0.717) is 12.8 Å². The zero-order valence-electron chi connectivity index (χ0n) is 19.7. The van der Waals surface area contributed by atoms with Crippen molar-refractivity contribution >= 4 is 10.8 Å². The summed E-state index contributed by atoms with van der Waals surface area (Å²) in [5.41, 5.74) is 3.55. The van der Waals surface area contributed by atoms with E-state index in [9.17, 15) is 4.39 Å². The molecule has 1 aliphatic heterocycles. The average molecular weight is 436 g/mol. The Morgan fingerprint density at radius 1 is 0.938 bits per heavy atom. The van der Waals surface area contributed by atoms with Crippen molar-refractivity contribution in [3.63, 3.8) is 0 Å². The molecule has 0 unspecified atom stereocenters. The second-order valence-electron chi connectivity index (χ2n) is 9.13. The van der Waals surface area contributed by atoms with Gasteiger partial charge in [-0.05, 0) is 65.8 Å². The maximum atomic E-state index is 14.2. The number of likely N-dealkylation sites (tertiary alicyclic amines) is 1. The number of aryl methyl sites for hydroxylation is 1. The minimum Gasteiger partial charge on any atom is -0.496 e. The van der Waals surface area contributed by atoms with E-state index in [1.165, 1.54) is 16.3 Å². The van der Waals surface area contributed by atoms with Gasteiger partial charge in [0.2, 0.25) is 0 Å². The lowest BCUT2D eigenvalue weighted by Gasteiger charge is -2.34. The van der Waals surface area contributed by atoms with Gasteiger partial charge in [-0.2, -0.15) is 0 Å². The van der Waals surface area contributed by atoms with Crippen LogP contribution in [0.15, 0.2) is 48.5 Å². The number of methoxy groups -OCH3 is 2. The summed E-state index contributed by atoms with van der Waals surface area (Å²) in [7, 11) is 3.43. The van der Waals surface area contributed by atoms with E-state index in [2.05, 4.69) is 60.4 Å². The molecule has 0 spiro atoms. The SMILES string of the molecule is CCCc1cccc2c(-c3c(OC)cc(CN4CCC(C)(F)CC4)cc3OC)cccc12. The normalized spacial score (nSPS) is 16.3. The minimum absolute atomic E-state index is 0.579. The summed E-state index contributed by atoms with van der Waals surface area (Å²) in [6, 6.07) is 17.2. The fourth-order valence-electron chi connectivity index (χ4n) is 4.84. The number of alkyl halides is 1. The predicted octanol–water partition coefficient (Wildman–Crippen LogP) is 6.80. The molecule has 4 heteroatoms. The third-order valence-electron chi connectivity index (χ3n) is 6.67. The van der Waals surface area contributed by atoms with E-state index < -0.39 is 5.67 Å². The number of hydrogen-bond donors (Lipinski definition) is 0. The van der Waals surface area contributed by atoms with Crippen molar-refractivity contribution in [2.45, 2.75) is 51.7 Å². The highest BCUT2D eigenvalue weighted by Gasteiger charge is 2.29. The highest BCUT2D eigenvalue weighted by Crippen LogP contribution is 2.43. The van der Waals surface area contributed by atoms with Crippen LogP contribution in [0.3, 0.4) is 0 Å². The van der Waals surface area contributed by atoms with Gasteiger partial charge in [0, 0.05) is 19.6 Å². The molecule has 0 bridgehead atoms. The van der Waals surface area contributed by atoms with E-state index in [1.807, 2.05) is 0 Å². The molecule has 1 saturated heterocycles. The number of hydrogen-bond acceptors (Lipinski definition) is 3. The van der Waals surface area contributed by atoms with Crippen molar-refractivity contribution in [2.75, 3.05) is 27.3 Å². The van der Waals surface area contributed by atoms with Gasteiger partial charge in [-0.25, -0.2) is 4.39 Å². The number of rotatable bonds is 7. The molecule has 3 aromatic carbocycles. The predicted molar refractivity (Wildman–Crippen MR) is 131 cm³/mol. The van der Waals surface area contributed by atoms with Gasteiger partial charge in [-0.15, -0.1) is 0 Å². The van der Waals surface area contributed by atoms with E-state index in [4.69, 9.17) is 9.47 Å². The van der Waals surface area contributed by atoms with Crippen molar-refractivity contribution in [3.8, 4) is 22.6 Å². The Morgan fingerprint density at radius 2 is 1.56 bits per heavy atom. The Labute approximate surface area is 191 Å². The monoisotopic (exact) mass is 435 g/mol. The molecule has 0 atom stereocenters. The number of nitrogens with zero attached hydrogens (tertiary/aromatic N) is 1. The standard InChI is InChI=1S/C28H34FNO2/c1-5-8-21-9-6-11-23-22(21)10-7-12-24(23)27-25(31-3)17-20(18-26(27)32-4)19-30-15-13-28(2,29)14-16-30/h6-7,9-12,17-18H,5,8,13-16,19H2,1-4H3. The lowest BCUT2D eigenvalue weighted by atomic mass is 9.92. The van der Waals surface area contributed by atoms with Crippen molar-refractivity contribution in [1.29, 1.82) is 0 Å². The molecule has 32 heavy (non-hydrogen) atoms. The van der Waals surface area contributed by atoms with Crippen molar-refractivity contribution in [2.24, 2.45) is 0 Å². The van der Waals surface area contributed by atoms with Crippen LogP contribution in [0, 0.1) is 0 Å². The van der Waals surface area contributed by atoms with E-state index in [0.717, 1.165) is 60.7 Å². The minimum atomic E-state index is -1.04. The summed E-state index contributed by atoms with van der Waals surface area (Å²) in [4.78, 5) is 2.31. The molecule has 3 aromatic rings. The smallest absolute Gasteiger partial charge is 0.130 e. The first-order valence-corrected chi connectivity index (χ1v) is 11.6. The summed E-state index contributed by atoms with van der Waals surface area (Å²) in [6.07, 6.45) is 3.33. The van der Waals surface area contributed by atoms with Crippen LogP contribution in [-0.4, -0.2) is 37.9 Å². The Balaban J connectivity index is 1.75. The summed E-state index contributed by atoms with van der Waals surface area (Å²) >= 11 is 0. The average Bonchev–Trinajstić information content (AvgIpc) is 2.80. The number of halogens is 1. The van der Waals surface area contributed by atoms with E-state index in [1.54, 1.807) is 21.1 Å². The van der Waals surface area contributed by atoms with Gasteiger partial charge in [0.25, 0.3) is 0 Å². The zero-order chi connectivity index (χ0) is 22.7. The highest BCUT2D eigenvalue weighted by molar-refractivity contribution is 6.01. The summed E-state index contributed by atoms with van der Waals surface area (Å²) in [5.74, 6) is 1.61. The molecule has 170 valence electrons. The van der Waals surface area contributed by atoms with E-state index >= 15 is 0 Å². The molecule has 0 saturated carbocycles. The molecule has 0 aromatic heterocycles. The van der Waals surface area contributed by atoms with E-state index in [-0.39, 0.29) is 0 Å². The highest BCUT2D eigenvalue weighted by atomic mass is 19.1. The van der Waals surface area contributed by atoms with Crippen LogP contribution in [0.5, 0.6) is 11.5 Å². The fourth-order valence-corrected chi connectivity index (χ4v) is 4.84. The molecule has 1 aliphatic rings. The first-order chi connectivity index (χ1) is 15.5.